The van der Waals surface area contributed by atoms with Crippen molar-refractivity contribution in [1.29, 1.82) is 0 Å². The monoisotopic (exact) mass is 379 g/mol. The Labute approximate surface area is 161 Å². The zero-order chi connectivity index (χ0) is 18.7. The third kappa shape index (κ3) is 4.83. The summed E-state index contributed by atoms with van der Waals surface area (Å²) in [5.74, 6) is -0.775. The third-order valence-electron chi connectivity index (χ3n) is 4.34. The van der Waals surface area contributed by atoms with Gasteiger partial charge in [0, 0.05) is 11.6 Å². The largest absolute Gasteiger partial charge is 0.466 e. The molecule has 2 N–H and O–H groups in total. The normalized spacial score (nSPS) is 11.7. The average Bonchev–Trinajstić information content (AvgIpc) is 2.49. The van der Waals surface area contributed by atoms with E-state index in [1.807, 2.05) is 19.9 Å². The molecule has 0 spiro atoms. The number of rotatable bonds is 5. The maximum absolute atomic E-state index is 14.6. The number of nitrogens with two attached hydrogens (primary N) is 1. The molecule has 0 fully saturated rings. The molecule has 0 aliphatic heterocycles. The molecular weight excluding hydrogens is 353 g/mol. The number of hydrogen-bond donors (Lipinski definition) is 1. The highest BCUT2D eigenvalue weighted by molar-refractivity contribution is 5.85. The summed E-state index contributed by atoms with van der Waals surface area (Å²) in [7, 11) is 0. The van der Waals surface area contributed by atoms with Gasteiger partial charge >= 0.3 is 5.97 Å². The smallest absolute Gasteiger partial charge is 0.307 e. The van der Waals surface area contributed by atoms with E-state index in [2.05, 4.69) is 19.1 Å². The van der Waals surface area contributed by atoms with Crippen LogP contribution in [-0.2, 0) is 9.53 Å². The number of carbonyl (C=O) groups excluding carboxylic acids is 1. The van der Waals surface area contributed by atoms with Crippen molar-refractivity contribution < 1.29 is 13.9 Å². The lowest BCUT2D eigenvalue weighted by molar-refractivity contribution is -0.143. The Hall–Kier alpha value is -1.91. The molecule has 0 unspecified atom stereocenters. The van der Waals surface area contributed by atoms with Crippen LogP contribution in [0.15, 0.2) is 24.3 Å². The molecule has 0 bridgehead atoms. The second-order valence-corrected chi connectivity index (χ2v) is 6.59. The van der Waals surface area contributed by atoms with Crippen LogP contribution in [0.2, 0.25) is 0 Å². The standard InChI is InChI=1S/C21H26FNO2.ClH/c1-6-25-19(24)11-18(23)17-10-16(9-15(5)21(17)22)20-13(3)7-12(2)8-14(20)4;/h7-10,18H,6,11,23H2,1-5H3;1H/t18-;/m0./s1. The fourth-order valence-electron chi connectivity index (χ4n) is 3.36. The van der Waals surface area contributed by atoms with Crippen LogP contribution >= 0.6 is 12.4 Å². The molecule has 0 saturated heterocycles. The molecule has 0 saturated carbocycles. The molecule has 5 heteroatoms. The van der Waals surface area contributed by atoms with E-state index >= 15 is 0 Å². The van der Waals surface area contributed by atoms with Crippen LogP contribution in [0.4, 0.5) is 4.39 Å². The van der Waals surface area contributed by atoms with E-state index in [9.17, 15) is 9.18 Å². The topological polar surface area (TPSA) is 52.3 Å². The molecular formula is C21H27ClFNO2. The summed E-state index contributed by atoms with van der Waals surface area (Å²) in [4.78, 5) is 11.7. The van der Waals surface area contributed by atoms with E-state index in [0.29, 0.717) is 11.1 Å². The first kappa shape index (κ1) is 22.1. The van der Waals surface area contributed by atoms with Crippen LogP contribution in [0.25, 0.3) is 11.1 Å². The maximum Gasteiger partial charge on any atom is 0.307 e. The van der Waals surface area contributed by atoms with Gasteiger partial charge in [0.1, 0.15) is 5.82 Å². The van der Waals surface area contributed by atoms with Crippen molar-refractivity contribution in [2.75, 3.05) is 6.61 Å². The van der Waals surface area contributed by atoms with Gasteiger partial charge in [-0.15, -0.1) is 12.4 Å². The summed E-state index contributed by atoms with van der Waals surface area (Å²) in [5, 5.41) is 0. The van der Waals surface area contributed by atoms with Gasteiger partial charge in [0.2, 0.25) is 0 Å². The minimum absolute atomic E-state index is 0. The van der Waals surface area contributed by atoms with Crippen molar-refractivity contribution in [1.82, 2.24) is 0 Å². The first-order valence-corrected chi connectivity index (χ1v) is 8.54. The highest BCUT2D eigenvalue weighted by atomic mass is 35.5. The Morgan fingerprint density at radius 1 is 1.08 bits per heavy atom. The third-order valence-corrected chi connectivity index (χ3v) is 4.34. The van der Waals surface area contributed by atoms with E-state index in [-0.39, 0.29) is 31.3 Å². The van der Waals surface area contributed by atoms with Crippen LogP contribution in [0, 0.1) is 33.5 Å². The van der Waals surface area contributed by atoms with Gasteiger partial charge in [0.05, 0.1) is 13.0 Å². The number of halogens is 2. The number of hydrogen-bond acceptors (Lipinski definition) is 3. The predicted octanol–water partition coefficient (Wildman–Crippen LogP) is 5.10. The van der Waals surface area contributed by atoms with Gasteiger partial charge in [-0.3, -0.25) is 4.79 Å². The fourth-order valence-corrected chi connectivity index (χ4v) is 3.36. The molecule has 0 amide bonds. The summed E-state index contributed by atoms with van der Waals surface area (Å²) < 4.78 is 19.5. The number of aryl methyl sites for hydroxylation is 4. The Balaban J connectivity index is 0.00000338. The van der Waals surface area contributed by atoms with Crippen LogP contribution in [0.3, 0.4) is 0 Å². The SMILES string of the molecule is CCOC(=O)C[C@H](N)c1cc(-c2c(C)cc(C)cc2C)cc(C)c1F.Cl. The van der Waals surface area contributed by atoms with E-state index in [1.165, 1.54) is 5.56 Å². The van der Waals surface area contributed by atoms with Crippen molar-refractivity contribution >= 4 is 18.4 Å². The van der Waals surface area contributed by atoms with E-state index in [4.69, 9.17) is 10.5 Å². The molecule has 3 nitrogen and oxygen atoms in total. The molecule has 0 aromatic heterocycles. The fraction of sp³-hybridized carbons (Fsp3) is 0.381. The number of esters is 1. The highest BCUT2D eigenvalue weighted by Crippen LogP contribution is 2.33. The van der Waals surface area contributed by atoms with Gasteiger partial charge in [-0.05, 0) is 74.6 Å². The Morgan fingerprint density at radius 2 is 1.65 bits per heavy atom. The lowest BCUT2D eigenvalue weighted by Gasteiger charge is -2.18. The molecule has 2 aromatic rings. The predicted molar refractivity (Wildman–Crippen MR) is 106 cm³/mol. The molecule has 0 radical (unpaired) electrons. The van der Waals surface area contributed by atoms with E-state index < -0.39 is 12.0 Å². The summed E-state index contributed by atoms with van der Waals surface area (Å²) in [6.07, 6.45) is -0.0421. The van der Waals surface area contributed by atoms with Gasteiger partial charge in [-0.2, -0.15) is 0 Å². The Kier molecular flexibility index (Phi) is 7.79. The van der Waals surface area contributed by atoms with Gasteiger partial charge < -0.3 is 10.5 Å². The number of ether oxygens (including phenoxy) is 1. The lowest BCUT2D eigenvalue weighted by atomic mass is 9.90. The molecule has 1 atom stereocenters. The summed E-state index contributed by atoms with van der Waals surface area (Å²) in [5.41, 5.74) is 12.4. The molecule has 2 rings (SSSR count). The number of carbonyl (C=O) groups is 1. The Morgan fingerprint density at radius 3 is 2.19 bits per heavy atom. The highest BCUT2D eigenvalue weighted by Gasteiger charge is 2.20. The first-order chi connectivity index (χ1) is 11.7. The van der Waals surface area contributed by atoms with Crippen molar-refractivity contribution in [2.45, 2.75) is 47.1 Å². The van der Waals surface area contributed by atoms with Crippen molar-refractivity contribution in [2.24, 2.45) is 5.73 Å². The minimum atomic E-state index is -0.733. The van der Waals surface area contributed by atoms with Crippen LogP contribution in [0.1, 0.15) is 47.2 Å². The molecule has 0 aliphatic carbocycles. The van der Waals surface area contributed by atoms with E-state index in [1.54, 1.807) is 19.9 Å². The quantitative estimate of drug-likeness (QED) is 0.735. The second-order valence-electron chi connectivity index (χ2n) is 6.59. The lowest BCUT2D eigenvalue weighted by Crippen LogP contribution is -2.19. The van der Waals surface area contributed by atoms with E-state index in [0.717, 1.165) is 22.3 Å². The zero-order valence-corrected chi connectivity index (χ0v) is 16.8. The molecule has 26 heavy (non-hydrogen) atoms. The summed E-state index contributed by atoms with van der Waals surface area (Å²) in [6, 6.07) is 7.08. The second kappa shape index (κ2) is 9.15. The number of benzene rings is 2. The van der Waals surface area contributed by atoms with Gasteiger partial charge in [-0.1, -0.05) is 17.7 Å². The summed E-state index contributed by atoms with van der Waals surface area (Å²) >= 11 is 0. The van der Waals surface area contributed by atoms with Gasteiger partial charge in [0.15, 0.2) is 0 Å². The van der Waals surface area contributed by atoms with Gasteiger partial charge in [-0.25, -0.2) is 4.39 Å². The van der Waals surface area contributed by atoms with Crippen molar-refractivity contribution in [3.8, 4) is 11.1 Å². The minimum Gasteiger partial charge on any atom is -0.466 e. The van der Waals surface area contributed by atoms with Crippen LogP contribution in [0.5, 0.6) is 0 Å². The Bertz CT molecular complexity index is 782. The van der Waals surface area contributed by atoms with Gasteiger partial charge in [0.25, 0.3) is 0 Å². The summed E-state index contributed by atoms with van der Waals surface area (Å²) in [6.45, 7) is 9.89. The van der Waals surface area contributed by atoms with Crippen molar-refractivity contribution in [3.05, 3.63) is 57.9 Å². The average molecular weight is 380 g/mol. The van der Waals surface area contributed by atoms with Crippen molar-refractivity contribution in [3.63, 3.8) is 0 Å². The molecule has 142 valence electrons. The molecule has 2 aromatic carbocycles. The van der Waals surface area contributed by atoms with Crippen LogP contribution in [-0.4, -0.2) is 12.6 Å². The molecule has 0 aliphatic rings. The molecule has 0 heterocycles. The van der Waals surface area contributed by atoms with Crippen LogP contribution < -0.4 is 5.73 Å². The maximum atomic E-state index is 14.6. The zero-order valence-electron chi connectivity index (χ0n) is 16.0. The first-order valence-electron chi connectivity index (χ1n) is 8.54.